The van der Waals surface area contributed by atoms with E-state index in [-0.39, 0.29) is 25.3 Å². The highest BCUT2D eigenvalue weighted by Crippen LogP contribution is 1.86. The van der Waals surface area contributed by atoms with Crippen LogP contribution in [0.3, 0.4) is 0 Å². The summed E-state index contributed by atoms with van der Waals surface area (Å²) in [7, 11) is 0. The van der Waals surface area contributed by atoms with Gasteiger partial charge in [0.1, 0.15) is 0 Å². The third-order valence-electron chi connectivity index (χ3n) is 2.04. The molecule has 4 heteroatoms. The van der Waals surface area contributed by atoms with Gasteiger partial charge < -0.3 is 20.8 Å². The van der Waals surface area contributed by atoms with Gasteiger partial charge in [-0.2, -0.15) is 0 Å². The molecule has 0 aliphatic carbocycles. The Kier molecular flexibility index (Phi) is 8.33. The van der Waals surface area contributed by atoms with Gasteiger partial charge in [0.05, 0.1) is 13.2 Å². The average Bonchev–Trinajstić information content (AvgIpc) is 2.18. The first kappa shape index (κ1) is 12.8. The zero-order valence-electron chi connectivity index (χ0n) is 8.58. The predicted molar refractivity (Wildman–Crippen MR) is 53.7 cm³/mol. The lowest BCUT2D eigenvalue weighted by molar-refractivity contribution is 0.234. The van der Waals surface area contributed by atoms with Gasteiger partial charge in [-0.25, -0.2) is 0 Å². The second kappa shape index (κ2) is 8.44. The molecule has 0 aromatic heterocycles. The van der Waals surface area contributed by atoms with Crippen LogP contribution >= 0.6 is 0 Å². The maximum atomic E-state index is 8.86. The van der Waals surface area contributed by atoms with E-state index in [0.717, 1.165) is 19.5 Å². The summed E-state index contributed by atoms with van der Waals surface area (Å²) in [5.41, 5.74) is 0. The highest BCUT2D eigenvalue weighted by atomic mass is 16.3. The summed E-state index contributed by atoms with van der Waals surface area (Å²) in [6.07, 6.45) is 0.937. The fraction of sp³-hybridized carbons (Fsp3) is 1.00. The molecule has 80 valence electrons. The van der Waals surface area contributed by atoms with E-state index in [0.29, 0.717) is 0 Å². The molecule has 0 rings (SSSR count). The Morgan fingerprint density at radius 3 is 2.15 bits per heavy atom. The second-order valence-electron chi connectivity index (χ2n) is 3.28. The number of rotatable bonds is 8. The zero-order chi connectivity index (χ0) is 10.1. The topological polar surface area (TPSA) is 64.5 Å². The van der Waals surface area contributed by atoms with Gasteiger partial charge >= 0.3 is 0 Å². The summed E-state index contributed by atoms with van der Waals surface area (Å²) in [5.74, 6) is 0. The number of hydrogen-bond acceptors (Lipinski definition) is 4. The van der Waals surface area contributed by atoms with Crippen molar-refractivity contribution in [3.05, 3.63) is 0 Å². The van der Waals surface area contributed by atoms with E-state index in [1.807, 2.05) is 13.8 Å². The molecule has 0 aromatic carbocycles. The van der Waals surface area contributed by atoms with Crippen molar-refractivity contribution in [1.82, 2.24) is 10.6 Å². The summed E-state index contributed by atoms with van der Waals surface area (Å²) in [6.45, 7) is 5.96. The number of aliphatic hydroxyl groups is 2. The third kappa shape index (κ3) is 6.95. The lowest BCUT2D eigenvalue weighted by Gasteiger charge is -2.15. The Balaban J connectivity index is 3.23. The Bertz CT molecular complexity index is 108. The number of aliphatic hydroxyl groups excluding tert-OH is 2. The molecule has 4 nitrogen and oxygen atoms in total. The van der Waals surface area contributed by atoms with E-state index < -0.39 is 0 Å². The maximum Gasteiger partial charge on any atom is 0.0584 e. The molecule has 0 saturated carbocycles. The van der Waals surface area contributed by atoms with E-state index >= 15 is 0 Å². The molecule has 0 heterocycles. The minimum atomic E-state index is 0.149. The van der Waals surface area contributed by atoms with Crippen LogP contribution in [0.4, 0.5) is 0 Å². The summed E-state index contributed by atoms with van der Waals surface area (Å²) >= 11 is 0. The van der Waals surface area contributed by atoms with Crippen molar-refractivity contribution in [3.63, 3.8) is 0 Å². The zero-order valence-corrected chi connectivity index (χ0v) is 8.58. The van der Waals surface area contributed by atoms with Crippen LogP contribution in [0.25, 0.3) is 0 Å². The van der Waals surface area contributed by atoms with Crippen LogP contribution in [0, 0.1) is 0 Å². The Morgan fingerprint density at radius 2 is 1.69 bits per heavy atom. The highest BCUT2D eigenvalue weighted by molar-refractivity contribution is 4.65. The molecule has 0 amide bonds. The van der Waals surface area contributed by atoms with E-state index in [4.69, 9.17) is 10.2 Å². The molecule has 0 bridgehead atoms. The van der Waals surface area contributed by atoms with Gasteiger partial charge in [-0.05, 0) is 13.3 Å². The van der Waals surface area contributed by atoms with Crippen LogP contribution in [0.15, 0.2) is 0 Å². The van der Waals surface area contributed by atoms with Crippen LogP contribution < -0.4 is 10.6 Å². The lowest BCUT2D eigenvalue weighted by Crippen LogP contribution is -2.40. The summed E-state index contributed by atoms with van der Waals surface area (Å²) in [4.78, 5) is 0. The summed E-state index contributed by atoms with van der Waals surface area (Å²) < 4.78 is 0. The van der Waals surface area contributed by atoms with Crippen LogP contribution in [-0.2, 0) is 0 Å². The van der Waals surface area contributed by atoms with Gasteiger partial charge in [0.25, 0.3) is 0 Å². The van der Waals surface area contributed by atoms with Crippen molar-refractivity contribution in [2.45, 2.75) is 32.4 Å². The molecule has 0 radical (unpaired) electrons. The first-order chi connectivity index (χ1) is 6.24. The minimum absolute atomic E-state index is 0.149. The van der Waals surface area contributed by atoms with Crippen molar-refractivity contribution in [2.75, 3.05) is 26.3 Å². The summed E-state index contributed by atoms with van der Waals surface area (Å²) in [6, 6.07) is 0.349. The molecule has 0 aliphatic heterocycles. The Hall–Kier alpha value is -0.160. The van der Waals surface area contributed by atoms with Crippen molar-refractivity contribution in [1.29, 1.82) is 0 Å². The lowest BCUT2D eigenvalue weighted by atomic mass is 10.2. The molecule has 0 unspecified atom stereocenters. The molecule has 0 fully saturated rings. The van der Waals surface area contributed by atoms with Crippen LogP contribution in [-0.4, -0.2) is 48.6 Å². The quantitative estimate of drug-likeness (QED) is 0.383. The molecule has 13 heavy (non-hydrogen) atoms. The molecule has 0 aromatic rings. The molecular weight excluding hydrogens is 168 g/mol. The third-order valence-corrected chi connectivity index (χ3v) is 2.04. The maximum absolute atomic E-state index is 8.86. The SMILES string of the molecule is CC[C@@H](CO)NCCN[C@H](C)CO. The first-order valence-corrected chi connectivity index (χ1v) is 4.93. The largest absolute Gasteiger partial charge is 0.395 e. The molecule has 0 aliphatic rings. The monoisotopic (exact) mass is 190 g/mol. The standard InChI is InChI=1S/C9H22N2O2/c1-3-9(7-13)11-5-4-10-8(2)6-12/h8-13H,3-7H2,1-2H3/t8-,9+/m1/s1. The van der Waals surface area contributed by atoms with E-state index in [2.05, 4.69) is 10.6 Å². The fourth-order valence-corrected chi connectivity index (χ4v) is 0.997. The average molecular weight is 190 g/mol. The van der Waals surface area contributed by atoms with Gasteiger partial charge in [0, 0.05) is 25.2 Å². The van der Waals surface area contributed by atoms with Gasteiger partial charge in [0.15, 0.2) is 0 Å². The van der Waals surface area contributed by atoms with Gasteiger partial charge in [0.2, 0.25) is 0 Å². The molecule has 4 N–H and O–H groups in total. The van der Waals surface area contributed by atoms with Crippen molar-refractivity contribution >= 4 is 0 Å². The highest BCUT2D eigenvalue weighted by Gasteiger charge is 2.02. The molecule has 2 atom stereocenters. The molecule has 0 spiro atoms. The van der Waals surface area contributed by atoms with E-state index in [1.54, 1.807) is 0 Å². The minimum Gasteiger partial charge on any atom is -0.395 e. The normalized spacial score (nSPS) is 15.7. The van der Waals surface area contributed by atoms with Gasteiger partial charge in [-0.3, -0.25) is 0 Å². The van der Waals surface area contributed by atoms with Crippen molar-refractivity contribution in [2.24, 2.45) is 0 Å². The Labute approximate surface area is 80.3 Å². The van der Waals surface area contributed by atoms with Crippen molar-refractivity contribution < 1.29 is 10.2 Å². The van der Waals surface area contributed by atoms with Crippen LogP contribution in [0.5, 0.6) is 0 Å². The fourth-order valence-electron chi connectivity index (χ4n) is 0.997. The van der Waals surface area contributed by atoms with E-state index in [9.17, 15) is 0 Å². The molecular formula is C9H22N2O2. The van der Waals surface area contributed by atoms with Gasteiger partial charge in [-0.15, -0.1) is 0 Å². The van der Waals surface area contributed by atoms with Crippen molar-refractivity contribution in [3.8, 4) is 0 Å². The van der Waals surface area contributed by atoms with Crippen LogP contribution in [0.1, 0.15) is 20.3 Å². The summed E-state index contributed by atoms with van der Waals surface area (Å²) in [5, 5.41) is 23.9. The van der Waals surface area contributed by atoms with Crippen LogP contribution in [0.2, 0.25) is 0 Å². The van der Waals surface area contributed by atoms with Gasteiger partial charge in [-0.1, -0.05) is 6.92 Å². The number of hydrogen-bond donors (Lipinski definition) is 4. The second-order valence-corrected chi connectivity index (χ2v) is 3.28. The first-order valence-electron chi connectivity index (χ1n) is 4.93. The van der Waals surface area contributed by atoms with E-state index in [1.165, 1.54) is 0 Å². The molecule has 0 saturated heterocycles. The Morgan fingerprint density at radius 1 is 1.08 bits per heavy atom. The smallest absolute Gasteiger partial charge is 0.0584 e. The number of nitrogens with one attached hydrogen (secondary N) is 2. The predicted octanol–water partition coefficient (Wildman–Crippen LogP) is -0.683.